The number of hydrogen-bond acceptors (Lipinski definition) is 2. The molecule has 0 saturated carbocycles. The Kier molecular flexibility index (Phi) is 4.39. The van der Waals surface area contributed by atoms with Crippen LogP contribution in [0.1, 0.15) is 15.9 Å². The van der Waals surface area contributed by atoms with E-state index in [9.17, 15) is 9.18 Å². The highest BCUT2D eigenvalue weighted by Gasteiger charge is 2.14. The summed E-state index contributed by atoms with van der Waals surface area (Å²) < 4.78 is 18.7. The van der Waals surface area contributed by atoms with Gasteiger partial charge in [0.25, 0.3) is 5.91 Å². The van der Waals surface area contributed by atoms with Crippen LogP contribution in [0, 0.1) is 12.7 Å². The lowest BCUT2D eigenvalue weighted by molar-refractivity contribution is 0.102. The highest BCUT2D eigenvalue weighted by atomic mass is 79.9. The molecule has 0 unspecified atom stereocenters. The number of rotatable bonds is 3. The monoisotopic (exact) mass is 337 g/mol. The molecule has 0 aromatic heterocycles. The van der Waals surface area contributed by atoms with Crippen LogP contribution < -0.4 is 10.1 Å². The Morgan fingerprint density at radius 2 is 2.00 bits per heavy atom. The van der Waals surface area contributed by atoms with E-state index in [4.69, 9.17) is 4.74 Å². The first-order valence-corrected chi connectivity index (χ1v) is 6.71. The number of anilines is 1. The number of amides is 1. The summed E-state index contributed by atoms with van der Waals surface area (Å²) in [6.45, 7) is 1.89. The molecule has 3 nitrogen and oxygen atoms in total. The summed E-state index contributed by atoms with van der Waals surface area (Å²) in [7, 11) is 1.51. The third-order valence-electron chi connectivity index (χ3n) is 2.78. The highest BCUT2D eigenvalue weighted by Crippen LogP contribution is 2.26. The van der Waals surface area contributed by atoms with Crippen LogP contribution in [0.25, 0.3) is 0 Å². The Morgan fingerprint density at radius 3 is 2.65 bits per heavy atom. The van der Waals surface area contributed by atoms with Gasteiger partial charge in [-0.25, -0.2) is 4.39 Å². The van der Waals surface area contributed by atoms with Crippen LogP contribution >= 0.6 is 15.9 Å². The van der Waals surface area contributed by atoms with E-state index in [0.717, 1.165) is 5.56 Å². The minimum atomic E-state index is -0.372. The molecule has 0 bridgehead atoms. The maximum absolute atomic E-state index is 13.0. The molecule has 0 atom stereocenters. The van der Waals surface area contributed by atoms with Gasteiger partial charge in [0.2, 0.25) is 0 Å². The van der Waals surface area contributed by atoms with Gasteiger partial charge in [0.15, 0.2) is 0 Å². The molecule has 1 amide bonds. The zero-order valence-corrected chi connectivity index (χ0v) is 12.6. The van der Waals surface area contributed by atoms with Crippen LogP contribution in [0.15, 0.2) is 40.9 Å². The van der Waals surface area contributed by atoms with Gasteiger partial charge >= 0.3 is 0 Å². The molecular formula is C15H13BrFNO2. The summed E-state index contributed by atoms with van der Waals surface area (Å²) in [6.07, 6.45) is 0. The quantitative estimate of drug-likeness (QED) is 0.913. The zero-order chi connectivity index (χ0) is 14.7. The summed E-state index contributed by atoms with van der Waals surface area (Å²) in [6, 6.07) is 9.43. The summed E-state index contributed by atoms with van der Waals surface area (Å²) in [5.74, 6) is -0.188. The molecule has 5 heteroatoms. The number of nitrogens with one attached hydrogen (secondary N) is 1. The average Bonchev–Trinajstić information content (AvgIpc) is 2.41. The predicted molar refractivity (Wildman–Crippen MR) is 79.8 cm³/mol. The van der Waals surface area contributed by atoms with Gasteiger partial charge in [-0.2, -0.15) is 0 Å². The maximum Gasteiger partial charge on any atom is 0.259 e. The normalized spacial score (nSPS) is 10.2. The molecule has 0 spiro atoms. The van der Waals surface area contributed by atoms with Crippen LogP contribution in [-0.4, -0.2) is 13.0 Å². The standard InChI is InChI=1S/C15H13BrFNO2/c1-9-3-6-14(20-2)11(7-9)15(19)18-13-5-4-10(17)8-12(13)16/h3-8H,1-2H3,(H,18,19). The van der Waals surface area contributed by atoms with Crippen LogP contribution in [0.2, 0.25) is 0 Å². The molecule has 2 aromatic carbocycles. The number of benzene rings is 2. The first-order chi connectivity index (χ1) is 9.51. The first kappa shape index (κ1) is 14.5. The molecule has 0 aliphatic heterocycles. The van der Waals surface area contributed by atoms with E-state index >= 15 is 0 Å². The lowest BCUT2D eigenvalue weighted by atomic mass is 10.1. The van der Waals surface area contributed by atoms with Crippen molar-refractivity contribution in [3.8, 4) is 5.75 Å². The molecule has 0 fully saturated rings. The third-order valence-corrected chi connectivity index (χ3v) is 3.44. The number of halogens is 2. The number of aryl methyl sites for hydroxylation is 1. The summed E-state index contributed by atoms with van der Waals surface area (Å²) in [4.78, 5) is 12.3. The molecular weight excluding hydrogens is 325 g/mol. The SMILES string of the molecule is COc1ccc(C)cc1C(=O)Nc1ccc(F)cc1Br. The van der Waals surface area contributed by atoms with Crippen molar-refractivity contribution in [2.24, 2.45) is 0 Å². The summed E-state index contributed by atoms with van der Waals surface area (Å²) >= 11 is 3.21. The number of carbonyl (C=O) groups excluding carboxylic acids is 1. The second-order valence-corrected chi connectivity index (χ2v) is 5.14. The Morgan fingerprint density at radius 1 is 1.25 bits per heavy atom. The van der Waals surface area contributed by atoms with Crippen molar-refractivity contribution in [3.05, 3.63) is 57.8 Å². The molecule has 0 saturated heterocycles. The lowest BCUT2D eigenvalue weighted by Crippen LogP contribution is -2.13. The summed E-state index contributed by atoms with van der Waals surface area (Å²) in [5.41, 5.74) is 1.89. The minimum Gasteiger partial charge on any atom is -0.496 e. The van der Waals surface area contributed by atoms with E-state index < -0.39 is 0 Å². The van der Waals surface area contributed by atoms with Gasteiger partial charge in [-0.15, -0.1) is 0 Å². The van der Waals surface area contributed by atoms with Crippen LogP contribution in [0.5, 0.6) is 5.75 Å². The van der Waals surface area contributed by atoms with Crippen molar-refractivity contribution >= 4 is 27.5 Å². The molecule has 20 heavy (non-hydrogen) atoms. The van der Waals surface area contributed by atoms with Crippen molar-refractivity contribution < 1.29 is 13.9 Å². The second-order valence-electron chi connectivity index (χ2n) is 4.28. The van der Waals surface area contributed by atoms with E-state index in [1.807, 2.05) is 13.0 Å². The predicted octanol–water partition coefficient (Wildman–Crippen LogP) is 4.16. The van der Waals surface area contributed by atoms with Crippen LogP contribution in [0.3, 0.4) is 0 Å². The third kappa shape index (κ3) is 3.17. The zero-order valence-electron chi connectivity index (χ0n) is 11.0. The van der Waals surface area contributed by atoms with E-state index in [-0.39, 0.29) is 11.7 Å². The van der Waals surface area contributed by atoms with Crippen molar-refractivity contribution in [3.63, 3.8) is 0 Å². The van der Waals surface area contributed by atoms with Gasteiger partial charge in [-0.05, 0) is 53.2 Å². The Balaban J connectivity index is 2.30. The molecule has 1 N–H and O–H groups in total. The largest absolute Gasteiger partial charge is 0.496 e. The van der Waals surface area contributed by atoms with Crippen molar-refractivity contribution in [1.82, 2.24) is 0 Å². The first-order valence-electron chi connectivity index (χ1n) is 5.92. The minimum absolute atomic E-state index is 0.308. The fraction of sp³-hybridized carbons (Fsp3) is 0.133. The van der Waals surface area contributed by atoms with Crippen molar-refractivity contribution in [2.45, 2.75) is 6.92 Å². The van der Waals surface area contributed by atoms with E-state index in [2.05, 4.69) is 21.2 Å². The van der Waals surface area contributed by atoms with E-state index in [1.165, 1.54) is 25.3 Å². The number of ether oxygens (including phenoxy) is 1. The molecule has 0 aliphatic rings. The molecule has 2 aromatic rings. The fourth-order valence-electron chi connectivity index (χ4n) is 1.78. The highest BCUT2D eigenvalue weighted by molar-refractivity contribution is 9.10. The lowest BCUT2D eigenvalue weighted by Gasteiger charge is -2.11. The van der Waals surface area contributed by atoms with Gasteiger partial charge in [0.05, 0.1) is 18.4 Å². The average molecular weight is 338 g/mol. The molecule has 0 heterocycles. The Labute approximate surface area is 124 Å². The van der Waals surface area contributed by atoms with Crippen molar-refractivity contribution in [1.29, 1.82) is 0 Å². The summed E-state index contributed by atoms with van der Waals surface area (Å²) in [5, 5.41) is 2.72. The number of hydrogen-bond donors (Lipinski definition) is 1. The molecule has 104 valence electrons. The maximum atomic E-state index is 13.0. The topological polar surface area (TPSA) is 38.3 Å². The van der Waals surface area contributed by atoms with Gasteiger partial charge in [-0.1, -0.05) is 11.6 Å². The fourth-order valence-corrected chi connectivity index (χ4v) is 2.23. The van der Waals surface area contributed by atoms with Gasteiger partial charge < -0.3 is 10.1 Å². The smallest absolute Gasteiger partial charge is 0.259 e. The number of carbonyl (C=O) groups is 1. The van der Waals surface area contributed by atoms with Crippen LogP contribution in [-0.2, 0) is 0 Å². The van der Waals surface area contributed by atoms with Gasteiger partial charge in [0.1, 0.15) is 11.6 Å². The van der Waals surface area contributed by atoms with Crippen molar-refractivity contribution in [2.75, 3.05) is 12.4 Å². The molecule has 0 aliphatic carbocycles. The molecule has 0 radical (unpaired) electrons. The Hall–Kier alpha value is -1.88. The van der Waals surface area contributed by atoms with Gasteiger partial charge in [0, 0.05) is 4.47 Å². The van der Waals surface area contributed by atoms with E-state index in [1.54, 1.807) is 12.1 Å². The van der Waals surface area contributed by atoms with E-state index in [0.29, 0.717) is 21.5 Å². The number of methoxy groups -OCH3 is 1. The molecule has 2 rings (SSSR count). The second kappa shape index (κ2) is 6.05. The van der Waals surface area contributed by atoms with Gasteiger partial charge in [-0.3, -0.25) is 4.79 Å². The van der Waals surface area contributed by atoms with Crippen LogP contribution in [0.4, 0.5) is 10.1 Å². The Bertz CT molecular complexity index is 658.